The summed E-state index contributed by atoms with van der Waals surface area (Å²) in [5, 5.41) is 0. The quantitative estimate of drug-likeness (QED) is 0.672. The van der Waals surface area contributed by atoms with E-state index in [1.54, 1.807) is 0 Å². The molecule has 6 heteroatoms. The Morgan fingerprint density at radius 3 is 1.56 bits per heavy atom. The Morgan fingerprint density at radius 1 is 0.720 bits per heavy atom. The Hall–Kier alpha value is -2.89. The second kappa shape index (κ2) is 7.34. The lowest BCUT2D eigenvalue weighted by Crippen LogP contribution is -2.23. The lowest BCUT2D eigenvalue weighted by atomic mass is 10.1. The monoisotopic (exact) mass is 343 g/mol. The standard InChI is InChI=1S/C19H16F3N3/c20-19(21,22)18-23-11-17(12-24-18)25(13-15-7-3-1-4-8-15)14-16-9-5-2-6-10-16/h1-12H,13-14H2. The molecule has 0 bridgehead atoms. The first kappa shape index (κ1) is 17.0. The normalized spacial score (nSPS) is 11.3. The first-order chi connectivity index (χ1) is 12.0. The minimum absolute atomic E-state index is 0.542. The van der Waals surface area contributed by atoms with E-state index < -0.39 is 12.0 Å². The van der Waals surface area contributed by atoms with Crippen molar-refractivity contribution in [2.75, 3.05) is 4.90 Å². The molecule has 25 heavy (non-hydrogen) atoms. The van der Waals surface area contributed by atoms with Gasteiger partial charge in [-0.15, -0.1) is 0 Å². The van der Waals surface area contributed by atoms with Crippen molar-refractivity contribution in [3.8, 4) is 0 Å². The molecule has 3 nitrogen and oxygen atoms in total. The zero-order valence-electron chi connectivity index (χ0n) is 13.3. The molecule has 3 aromatic rings. The Balaban J connectivity index is 1.87. The molecule has 0 N–H and O–H groups in total. The topological polar surface area (TPSA) is 29.0 Å². The minimum Gasteiger partial charge on any atom is -0.360 e. The van der Waals surface area contributed by atoms with E-state index in [0.29, 0.717) is 18.8 Å². The average Bonchev–Trinajstić information content (AvgIpc) is 2.62. The third kappa shape index (κ3) is 4.56. The van der Waals surface area contributed by atoms with Crippen molar-refractivity contribution in [3.05, 3.63) is 90.0 Å². The van der Waals surface area contributed by atoms with Gasteiger partial charge in [-0.3, -0.25) is 0 Å². The number of hydrogen-bond donors (Lipinski definition) is 0. The van der Waals surface area contributed by atoms with Gasteiger partial charge in [-0.2, -0.15) is 13.2 Å². The van der Waals surface area contributed by atoms with Crippen LogP contribution in [0, 0.1) is 0 Å². The van der Waals surface area contributed by atoms with Gasteiger partial charge >= 0.3 is 6.18 Å². The molecule has 0 aliphatic carbocycles. The summed E-state index contributed by atoms with van der Waals surface area (Å²) < 4.78 is 38.0. The molecule has 128 valence electrons. The summed E-state index contributed by atoms with van der Waals surface area (Å²) in [4.78, 5) is 8.90. The SMILES string of the molecule is FC(F)(F)c1ncc(N(Cc2ccccc2)Cc2ccccc2)cn1. The molecular weight excluding hydrogens is 327 g/mol. The van der Waals surface area contributed by atoms with Gasteiger partial charge in [-0.05, 0) is 11.1 Å². The smallest absolute Gasteiger partial charge is 0.360 e. The number of hydrogen-bond acceptors (Lipinski definition) is 3. The summed E-state index contributed by atoms with van der Waals surface area (Å²) >= 11 is 0. The van der Waals surface area contributed by atoms with Gasteiger partial charge in [0, 0.05) is 13.1 Å². The molecule has 0 fully saturated rings. The number of alkyl halides is 3. The third-order valence-electron chi connectivity index (χ3n) is 3.69. The van der Waals surface area contributed by atoms with E-state index >= 15 is 0 Å². The minimum atomic E-state index is -4.54. The number of halogens is 3. The highest BCUT2D eigenvalue weighted by atomic mass is 19.4. The molecule has 0 aliphatic heterocycles. The Bertz CT molecular complexity index is 746. The molecule has 1 aromatic heterocycles. The number of anilines is 1. The van der Waals surface area contributed by atoms with Crippen molar-refractivity contribution in [2.24, 2.45) is 0 Å². The van der Waals surface area contributed by atoms with Gasteiger partial charge in [-0.1, -0.05) is 60.7 Å². The summed E-state index contributed by atoms with van der Waals surface area (Å²) in [6.07, 6.45) is -2.09. The van der Waals surface area contributed by atoms with Crippen LogP contribution in [0.1, 0.15) is 17.0 Å². The van der Waals surface area contributed by atoms with Gasteiger partial charge in [0.1, 0.15) is 0 Å². The van der Waals surface area contributed by atoms with Crippen LogP contribution in [0.15, 0.2) is 73.1 Å². The molecular formula is C19H16F3N3. The zero-order valence-corrected chi connectivity index (χ0v) is 13.3. The van der Waals surface area contributed by atoms with Crippen LogP contribution < -0.4 is 4.90 Å². The second-order valence-corrected chi connectivity index (χ2v) is 5.59. The molecule has 3 rings (SSSR count). The highest BCUT2D eigenvalue weighted by Crippen LogP contribution is 2.27. The van der Waals surface area contributed by atoms with Crippen LogP contribution in [0.25, 0.3) is 0 Å². The molecule has 2 aromatic carbocycles. The van der Waals surface area contributed by atoms with Gasteiger partial charge in [0.05, 0.1) is 18.1 Å². The summed E-state index contributed by atoms with van der Waals surface area (Å²) in [6, 6.07) is 19.5. The first-order valence-corrected chi connectivity index (χ1v) is 7.74. The average molecular weight is 343 g/mol. The van der Waals surface area contributed by atoms with Crippen molar-refractivity contribution in [1.82, 2.24) is 9.97 Å². The maximum absolute atomic E-state index is 12.7. The zero-order chi connectivity index (χ0) is 17.7. The van der Waals surface area contributed by atoms with Gasteiger partial charge in [0.2, 0.25) is 5.82 Å². The van der Waals surface area contributed by atoms with E-state index in [1.807, 2.05) is 65.6 Å². The van der Waals surface area contributed by atoms with Crippen LogP contribution in [0.2, 0.25) is 0 Å². The van der Waals surface area contributed by atoms with Gasteiger partial charge in [0.15, 0.2) is 0 Å². The Kier molecular flexibility index (Phi) is 4.97. The third-order valence-corrected chi connectivity index (χ3v) is 3.69. The predicted octanol–water partition coefficient (Wildman–Crippen LogP) is 4.70. The van der Waals surface area contributed by atoms with E-state index in [-0.39, 0.29) is 0 Å². The summed E-state index contributed by atoms with van der Waals surface area (Å²) in [7, 11) is 0. The second-order valence-electron chi connectivity index (χ2n) is 5.59. The molecule has 0 saturated heterocycles. The Labute approximate surface area is 143 Å². The largest absolute Gasteiger partial charge is 0.451 e. The van der Waals surface area contributed by atoms with Crippen LogP contribution >= 0.6 is 0 Å². The summed E-state index contributed by atoms with van der Waals surface area (Å²) in [5.74, 6) is -1.13. The van der Waals surface area contributed by atoms with E-state index in [4.69, 9.17) is 0 Å². The number of aromatic nitrogens is 2. The molecule has 0 saturated carbocycles. The van der Waals surface area contributed by atoms with Crippen LogP contribution in [-0.4, -0.2) is 9.97 Å². The summed E-state index contributed by atoms with van der Waals surface area (Å²) in [5.41, 5.74) is 2.65. The fraction of sp³-hybridized carbons (Fsp3) is 0.158. The lowest BCUT2D eigenvalue weighted by molar-refractivity contribution is -0.144. The molecule has 0 spiro atoms. The molecule has 0 atom stereocenters. The van der Waals surface area contributed by atoms with Crippen LogP contribution in [0.3, 0.4) is 0 Å². The van der Waals surface area contributed by atoms with Crippen molar-refractivity contribution < 1.29 is 13.2 Å². The number of rotatable bonds is 5. The maximum Gasteiger partial charge on any atom is 0.451 e. The fourth-order valence-corrected chi connectivity index (χ4v) is 2.48. The highest BCUT2D eigenvalue weighted by Gasteiger charge is 2.34. The van der Waals surface area contributed by atoms with Crippen molar-refractivity contribution in [1.29, 1.82) is 0 Å². The Morgan fingerprint density at radius 2 is 1.16 bits per heavy atom. The van der Waals surface area contributed by atoms with Gasteiger partial charge < -0.3 is 4.90 Å². The lowest BCUT2D eigenvalue weighted by Gasteiger charge is -2.24. The molecule has 0 amide bonds. The van der Waals surface area contributed by atoms with Crippen molar-refractivity contribution in [3.63, 3.8) is 0 Å². The maximum atomic E-state index is 12.7. The predicted molar refractivity (Wildman–Crippen MR) is 89.8 cm³/mol. The van der Waals surface area contributed by atoms with Crippen LogP contribution in [0.5, 0.6) is 0 Å². The van der Waals surface area contributed by atoms with E-state index in [9.17, 15) is 13.2 Å². The molecule has 0 radical (unpaired) electrons. The summed E-state index contributed by atoms with van der Waals surface area (Å²) in [6.45, 7) is 1.09. The highest BCUT2D eigenvalue weighted by molar-refractivity contribution is 5.44. The molecule has 0 aliphatic rings. The van der Waals surface area contributed by atoms with E-state index in [0.717, 1.165) is 11.1 Å². The van der Waals surface area contributed by atoms with Gasteiger partial charge in [0.25, 0.3) is 0 Å². The van der Waals surface area contributed by atoms with Gasteiger partial charge in [-0.25, -0.2) is 9.97 Å². The molecule has 0 unspecified atom stereocenters. The van der Waals surface area contributed by atoms with Crippen LogP contribution in [-0.2, 0) is 19.3 Å². The van der Waals surface area contributed by atoms with Crippen molar-refractivity contribution >= 4 is 5.69 Å². The van der Waals surface area contributed by atoms with E-state index in [1.165, 1.54) is 12.4 Å². The fourth-order valence-electron chi connectivity index (χ4n) is 2.48. The first-order valence-electron chi connectivity index (χ1n) is 7.74. The number of nitrogens with zero attached hydrogens (tertiary/aromatic N) is 3. The van der Waals surface area contributed by atoms with Crippen LogP contribution in [0.4, 0.5) is 18.9 Å². The van der Waals surface area contributed by atoms with E-state index in [2.05, 4.69) is 9.97 Å². The molecule has 1 heterocycles. The number of benzene rings is 2. The van der Waals surface area contributed by atoms with Crippen molar-refractivity contribution in [2.45, 2.75) is 19.3 Å².